The molecule has 1 saturated carbocycles. The van der Waals surface area contributed by atoms with Gasteiger partial charge in [-0.2, -0.15) is 0 Å². The summed E-state index contributed by atoms with van der Waals surface area (Å²) >= 11 is 0. The molecule has 2 aromatic carbocycles. The predicted octanol–water partition coefficient (Wildman–Crippen LogP) is 3.64. The molecule has 4 atom stereocenters. The van der Waals surface area contributed by atoms with Gasteiger partial charge in [0.2, 0.25) is 0 Å². The third kappa shape index (κ3) is 4.74. The molecular formula is C25H29NO4. The fraction of sp³-hybridized carbons (Fsp3) is 0.400. The topological polar surface area (TPSA) is 59.0 Å². The van der Waals surface area contributed by atoms with Gasteiger partial charge in [0, 0.05) is 19.6 Å². The van der Waals surface area contributed by atoms with Crippen molar-refractivity contribution in [3.63, 3.8) is 0 Å². The minimum atomic E-state index is -0.531. The number of likely N-dealkylation sites (tertiary alicyclic amines) is 1. The zero-order valence-electron chi connectivity index (χ0n) is 17.3. The van der Waals surface area contributed by atoms with Gasteiger partial charge in [0.15, 0.2) is 0 Å². The van der Waals surface area contributed by atoms with Crippen LogP contribution in [-0.4, -0.2) is 54.9 Å². The van der Waals surface area contributed by atoms with E-state index in [9.17, 15) is 9.90 Å². The van der Waals surface area contributed by atoms with E-state index in [4.69, 9.17) is 9.47 Å². The van der Waals surface area contributed by atoms with Crippen molar-refractivity contribution in [2.75, 3.05) is 26.7 Å². The van der Waals surface area contributed by atoms with Gasteiger partial charge in [-0.05, 0) is 42.4 Å². The molecule has 30 heavy (non-hydrogen) atoms. The Hall–Kier alpha value is -2.63. The first-order valence-electron chi connectivity index (χ1n) is 10.6. The van der Waals surface area contributed by atoms with Gasteiger partial charge in [-0.15, -0.1) is 0 Å². The van der Waals surface area contributed by atoms with E-state index in [1.54, 1.807) is 18.2 Å². The molecule has 0 amide bonds. The highest BCUT2D eigenvalue weighted by Gasteiger charge is 2.42. The van der Waals surface area contributed by atoms with Gasteiger partial charge >= 0.3 is 5.97 Å². The largest absolute Gasteiger partial charge is 0.487 e. The van der Waals surface area contributed by atoms with Crippen LogP contribution in [0.3, 0.4) is 0 Å². The second-order valence-electron chi connectivity index (χ2n) is 8.23. The van der Waals surface area contributed by atoms with Crippen LogP contribution in [0.1, 0.15) is 28.8 Å². The van der Waals surface area contributed by atoms with E-state index >= 15 is 0 Å². The lowest BCUT2D eigenvalue weighted by Gasteiger charge is -2.35. The van der Waals surface area contributed by atoms with Crippen molar-refractivity contribution in [3.8, 4) is 5.75 Å². The lowest BCUT2D eigenvalue weighted by molar-refractivity contribution is -0.0237. The van der Waals surface area contributed by atoms with E-state index in [-0.39, 0.29) is 6.10 Å². The summed E-state index contributed by atoms with van der Waals surface area (Å²) in [5.74, 6) is 1.04. The molecule has 0 bridgehead atoms. The molecule has 1 saturated heterocycles. The lowest BCUT2D eigenvalue weighted by Crippen LogP contribution is -2.42. The van der Waals surface area contributed by atoms with Crippen LogP contribution in [0, 0.1) is 11.8 Å². The summed E-state index contributed by atoms with van der Waals surface area (Å²) in [4.78, 5) is 14.5. The Morgan fingerprint density at radius 1 is 1.07 bits per heavy atom. The number of para-hydroxylation sites is 1. The Bertz CT molecular complexity index is 882. The van der Waals surface area contributed by atoms with Gasteiger partial charge in [-0.25, -0.2) is 4.79 Å². The van der Waals surface area contributed by atoms with Gasteiger partial charge in [0.25, 0.3) is 0 Å². The zero-order chi connectivity index (χ0) is 20.9. The second-order valence-corrected chi connectivity index (χ2v) is 8.23. The number of methoxy groups -OCH3 is 1. The number of esters is 1. The monoisotopic (exact) mass is 407 g/mol. The van der Waals surface area contributed by atoms with Crippen LogP contribution < -0.4 is 4.74 Å². The molecular weight excluding hydrogens is 378 g/mol. The van der Waals surface area contributed by atoms with Crippen molar-refractivity contribution in [1.29, 1.82) is 0 Å². The van der Waals surface area contributed by atoms with Crippen LogP contribution in [0.2, 0.25) is 0 Å². The molecule has 2 fully saturated rings. The normalized spacial score (nSPS) is 26.5. The number of aliphatic hydroxyl groups excluding tert-OH is 1. The first-order chi connectivity index (χ1) is 14.6. The van der Waals surface area contributed by atoms with E-state index in [0.717, 1.165) is 32.5 Å². The molecule has 1 heterocycles. The SMILES string of the molecule is COC(=O)c1ccccc1O[C@@H]1C[C@@H]2CN(C/C=C/c3ccccc3)C[C@@H]2C[C@H]1O. The standard InChI is InChI=1S/C25H29NO4/c1-29-25(28)21-11-5-6-12-23(21)30-24-15-20-17-26(16-19(20)14-22(24)27)13-7-10-18-8-3-2-4-9-18/h2-12,19-20,22,24,27H,13-17H2,1H3/b10-7+/t19-,20+,22+,24+/m0/s1. The van der Waals surface area contributed by atoms with Crippen molar-refractivity contribution in [2.45, 2.75) is 25.0 Å². The van der Waals surface area contributed by atoms with E-state index in [2.05, 4.69) is 29.2 Å². The summed E-state index contributed by atoms with van der Waals surface area (Å²) in [5, 5.41) is 10.7. The maximum Gasteiger partial charge on any atom is 0.341 e. The molecule has 4 rings (SSSR count). The number of fused-ring (bicyclic) bond motifs is 1. The summed E-state index contributed by atoms with van der Waals surface area (Å²) in [6.07, 6.45) is 5.05. The summed E-state index contributed by atoms with van der Waals surface area (Å²) in [7, 11) is 1.36. The fourth-order valence-electron chi connectivity index (χ4n) is 4.68. The Labute approximate surface area is 177 Å². The summed E-state index contributed by atoms with van der Waals surface area (Å²) in [5.41, 5.74) is 1.61. The van der Waals surface area contributed by atoms with Crippen molar-refractivity contribution in [1.82, 2.24) is 4.90 Å². The second kappa shape index (κ2) is 9.45. The number of benzene rings is 2. The van der Waals surface area contributed by atoms with Crippen LogP contribution in [0.4, 0.5) is 0 Å². The highest BCUT2D eigenvalue weighted by atomic mass is 16.5. The summed E-state index contributed by atoms with van der Waals surface area (Å²) in [6, 6.07) is 17.4. The van der Waals surface area contributed by atoms with Gasteiger partial charge < -0.3 is 14.6 Å². The van der Waals surface area contributed by atoms with E-state index < -0.39 is 12.1 Å². The molecule has 158 valence electrons. The highest BCUT2D eigenvalue weighted by Crippen LogP contribution is 2.38. The van der Waals surface area contributed by atoms with Crippen LogP contribution in [0.15, 0.2) is 60.7 Å². The minimum Gasteiger partial charge on any atom is -0.487 e. The molecule has 5 nitrogen and oxygen atoms in total. The fourth-order valence-corrected chi connectivity index (χ4v) is 4.68. The van der Waals surface area contributed by atoms with Crippen molar-refractivity contribution in [2.24, 2.45) is 11.8 Å². The van der Waals surface area contributed by atoms with Gasteiger partial charge in [-0.3, -0.25) is 4.90 Å². The van der Waals surface area contributed by atoms with Crippen LogP contribution in [-0.2, 0) is 4.74 Å². The van der Waals surface area contributed by atoms with Crippen molar-refractivity contribution >= 4 is 12.0 Å². The number of aliphatic hydroxyl groups is 1. The lowest BCUT2D eigenvalue weighted by atomic mass is 9.78. The van der Waals surface area contributed by atoms with Crippen LogP contribution >= 0.6 is 0 Å². The molecule has 1 aliphatic carbocycles. The number of carbonyl (C=O) groups is 1. The number of rotatable bonds is 6. The highest BCUT2D eigenvalue weighted by molar-refractivity contribution is 5.92. The van der Waals surface area contributed by atoms with E-state index in [1.807, 2.05) is 24.3 Å². The number of carbonyl (C=O) groups excluding carboxylic acids is 1. The quantitative estimate of drug-likeness (QED) is 0.741. The van der Waals surface area contributed by atoms with Gasteiger partial charge in [-0.1, -0.05) is 54.6 Å². The molecule has 2 aliphatic rings. The zero-order valence-corrected chi connectivity index (χ0v) is 17.3. The number of nitrogens with zero attached hydrogens (tertiary/aromatic N) is 1. The predicted molar refractivity (Wildman–Crippen MR) is 116 cm³/mol. The van der Waals surface area contributed by atoms with Crippen molar-refractivity contribution in [3.05, 3.63) is 71.8 Å². The third-order valence-electron chi connectivity index (χ3n) is 6.20. The number of hydrogen-bond donors (Lipinski definition) is 1. The first kappa shape index (κ1) is 20.6. The number of hydrogen-bond acceptors (Lipinski definition) is 5. The Morgan fingerprint density at radius 3 is 2.53 bits per heavy atom. The van der Waals surface area contributed by atoms with E-state index in [1.165, 1.54) is 12.7 Å². The molecule has 0 unspecified atom stereocenters. The molecule has 5 heteroatoms. The van der Waals surface area contributed by atoms with Crippen LogP contribution in [0.25, 0.3) is 6.08 Å². The molecule has 0 aromatic heterocycles. The average molecular weight is 408 g/mol. The Balaban J connectivity index is 1.36. The third-order valence-corrected chi connectivity index (χ3v) is 6.20. The van der Waals surface area contributed by atoms with Gasteiger partial charge in [0.05, 0.1) is 13.2 Å². The van der Waals surface area contributed by atoms with Crippen molar-refractivity contribution < 1.29 is 19.4 Å². The van der Waals surface area contributed by atoms with Crippen LogP contribution in [0.5, 0.6) is 5.75 Å². The maximum atomic E-state index is 12.0. The minimum absolute atomic E-state index is 0.308. The Kier molecular flexibility index (Phi) is 6.50. The Morgan fingerprint density at radius 2 is 1.77 bits per heavy atom. The maximum absolute atomic E-state index is 12.0. The molecule has 2 aromatic rings. The summed E-state index contributed by atoms with van der Waals surface area (Å²) < 4.78 is 11.0. The summed E-state index contributed by atoms with van der Waals surface area (Å²) in [6.45, 7) is 2.93. The molecule has 0 spiro atoms. The first-order valence-corrected chi connectivity index (χ1v) is 10.6. The number of ether oxygens (including phenoxy) is 2. The smallest absolute Gasteiger partial charge is 0.341 e. The van der Waals surface area contributed by atoms with E-state index in [0.29, 0.717) is 23.1 Å². The van der Waals surface area contributed by atoms with Gasteiger partial charge in [0.1, 0.15) is 17.4 Å². The average Bonchev–Trinajstić information content (AvgIpc) is 3.16. The molecule has 1 N–H and O–H groups in total. The molecule has 0 radical (unpaired) electrons. The molecule has 1 aliphatic heterocycles.